The highest BCUT2D eigenvalue weighted by atomic mass is 79.9. The van der Waals surface area contributed by atoms with Gasteiger partial charge in [-0.3, -0.25) is 4.79 Å². The second kappa shape index (κ2) is 7.33. The number of rotatable bonds is 2. The molecule has 4 aliphatic carbocycles. The molecule has 0 unspecified atom stereocenters. The lowest BCUT2D eigenvalue weighted by atomic mass is 9.49. The Hall–Kier alpha value is -0.830. The van der Waals surface area contributed by atoms with Crippen molar-refractivity contribution in [1.29, 1.82) is 0 Å². The number of carbonyl (C=O) groups excluding carboxylic acids is 1. The molecule has 3 heteroatoms. The first-order valence-corrected chi connectivity index (χ1v) is 13.4. The number of halogens is 1. The SMILES string of the molecule is CC(C)(C)c1cc(C(C)(C)C)c(NC(=O)C23C[C@@H]4C[C@H](CC(Br)(C4)C2)C3)c(C(C)(C)C)c1. The van der Waals surface area contributed by atoms with E-state index in [4.69, 9.17) is 0 Å². The first-order valence-electron chi connectivity index (χ1n) is 12.6. The Labute approximate surface area is 204 Å². The van der Waals surface area contributed by atoms with Gasteiger partial charge in [-0.05, 0) is 83.3 Å². The van der Waals surface area contributed by atoms with Crippen molar-refractivity contribution in [3.05, 3.63) is 28.8 Å². The zero-order valence-electron chi connectivity index (χ0n) is 21.8. The Kier molecular flexibility index (Phi) is 5.57. The molecule has 1 aromatic rings. The zero-order chi connectivity index (χ0) is 23.9. The van der Waals surface area contributed by atoms with Crippen LogP contribution in [0.4, 0.5) is 5.69 Å². The van der Waals surface area contributed by atoms with Crippen LogP contribution in [-0.4, -0.2) is 10.2 Å². The number of hydrogen-bond acceptors (Lipinski definition) is 1. The summed E-state index contributed by atoms with van der Waals surface area (Å²) in [5.74, 6) is 1.68. The molecule has 5 rings (SSSR count). The Bertz CT molecular complexity index is 875. The van der Waals surface area contributed by atoms with Gasteiger partial charge in [0.25, 0.3) is 0 Å². The first-order chi connectivity index (χ1) is 14.4. The fourth-order valence-electron chi connectivity index (χ4n) is 7.06. The standard InChI is InChI=1S/C29H44BrNO/c1-25(2,3)20-11-21(26(4,5)6)23(22(12-20)27(7,8)9)31-24(32)28-13-18-10-19(14-28)16-29(30,15-18)17-28/h11-12,18-19H,10,13-17H2,1-9H3,(H,31,32)/t18-,19-,28?,29?/m0/s1. The quantitative estimate of drug-likeness (QED) is 0.405. The van der Waals surface area contributed by atoms with Gasteiger partial charge in [-0.15, -0.1) is 0 Å². The largest absolute Gasteiger partial charge is 0.325 e. The molecule has 4 bridgehead atoms. The predicted molar refractivity (Wildman–Crippen MR) is 140 cm³/mol. The molecule has 0 aliphatic heterocycles. The van der Waals surface area contributed by atoms with E-state index in [9.17, 15) is 4.79 Å². The summed E-state index contributed by atoms with van der Waals surface area (Å²) in [4.78, 5) is 14.1. The van der Waals surface area contributed by atoms with Crippen LogP contribution in [-0.2, 0) is 21.0 Å². The molecule has 32 heavy (non-hydrogen) atoms. The van der Waals surface area contributed by atoms with E-state index in [1.54, 1.807) is 0 Å². The number of amides is 1. The summed E-state index contributed by atoms with van der Waals surface area (Å²) < 4.78 is 0.185. The van der Waals surface area contributed by atoms with E-state index in [0.29, 0.717) is 11.8 Å². The van der Waals surface area contributed by atoms with Gasteiger partial charge in [0.2, 0.25) is 5.91 Å². The van der Waals surface area contributed by atoms with Crippen molar-refractivity contribution >= 4 is 27.5 Å². The number of hydrogen-bond donors (Lipinski definition) is 1. The predicted octanol–water partition coefficient (Wildman–Crippen LogP) is 8.25. The van der Waals surface area contributed by atoms with Gasteiger partial charge in [-0.2, -0.15) is 0 Å². The van der Waals surface area contributed by atoms with Crippen LogP contribution >= 0.6 is 15.9 Å². The third-order valence-electron chi connectivity index (χ3n) is 8.33. The number of nitrogens with one attached hydrogen (secondary N) is 1. The van der Waals surface area contributed by atoms with Crippen LogP contribution in [0.2, 0.25) is 0 Å². The number of carbonyl (C=O) groups is 1. The lowest BCUT2D eigenvalue weighted by Gasteiger charge is -2.59. The van der Waals surface area contributed by atoms with E-state index < -0.39 is 0 Å². The van der Waals surface area contributed by atoms with E-state index >= 15 is 0 Å². The normalized spacial score (nSPS) is 32.3. The second-order valence-corrected chi connectivity index (χ2v) is 16.2. The van der Waals surface area contributed by atoms with Crippen molar-refractivity contribution in [2.75, 3.05) is 5.32 Å². The fourth-order valence-corrected chi connectivity index (χ4v) is 8.51. The van der Waals surface area contributed by atoms with Crippen molar-refractivity contribution in [3.8, 4) is 0 Å². The molecule has 2 nitrogen and oxygen atoms in total. The average molecular weight is 503 g/mol. The van der Waals surface area contributed by atoms with Crippen molar-refractivity contribution in [1.82, 2.24) is 0 Å². The van der Waals surface area contributed by atoms with E-state index in [0.717, 1.165) is 24.9 Å². The lowest BCUT2D eigenvalue weighted by Crippen LogP contribution is -2.57. The Morgan fingerprint density at radius 1 is 0.844 bits per heavy atom. The number of alkyl halides is 1. The van der Waals surface area contributed by atoms with Crippen LogP contribution in [0.15, 0.2) is 12.1 Å². The van der Waals surface area contributed by atoms with Crippen LogP contribution in [0.1, 0.15) is 118 Å². The second-order valence-electron chi connectivity index (χ2n) is 14.5. The number of anilines is 1. The molecule has 4 aliphatic rings. The van der Waals surface area contributed by atoms with Crippen molar-refractivity contribution in [3.63, 3.8) is 0 Å². The van der Waals surface area contributed by atoms with Gasteiger partial charge < -0.3 is 5.32 Å². The Morgan fingerprint density at radius 3 is 1.69 bits per heavy atom. The molecular weight excluding hydrogens is 458 g/mol. The summed E-state index contributed by atoms with van der Waals surface area (Å²) in [6.07, 6.45) is 6.95. The third kappa shape index (κ3) is 4.32. The maximum absolute atomic E-state index is 14.1. The van der Waals surface area contributed by atoms with Crippen molar-refractivity contribution in [2.45, 2.75) is 121 Å². The Morgan fingerprint density at radius 2 is 1.31 bits per heavy atom. The fraction of sp³-hybridized carbons (Fsp3) is 0.759. The molecule has 0 aromatic heterocycles. The van der Waals surface area contributed by atoms with Crippen LogP contribution in [0.5, 0.6) is 0 Å². The molecule has 4 saturated carbocycles. The summed E-state index contributed by atoms with van der Waals surface area (Å²) in [5, 5.41) is 3.59. The molecule has 1 aromatic carbocycles. The van der Waals surface area contributed by atoms with Gasteiger partial charge in [0.05, 0.1) is 5.41 Å². The highest BCUT2D eigenvalue weighted by Crippen LogP contribution is 2.64. The van der Waals surface area contributed by atoms with E-state index in [1.165, 1.54) is 36.0 Å². The molecule has 0 heterocycles. The summed E-state index contributed by atoms with van der Waals surface area (Å²) in [5.41, 5.74) is 4.69. The molecule has 178 valence electrons. The van der Waals surface area contributed by atoms with Gasteiger partial charge in [-0.25, -0.2) is 0 Å². The molecule has 1 N–H and O–H groups in total. The first kappa shape index (κ1) is 24.3. The minimum absolute atomic E-state index is 0.0536. The van der Waals surface area contributed by atoms with Crippen molar-refractivity contribution < 1.29 is 4.79 Å². The summed E-state index contributed by atoms with van der Waals surface area (Å²) in [7, 11) is 0. The lowest BCUT2D eigenvalue weighted by molar-refractivity contribution is -0.138. The van der Waals surface area contributed by atoms with Crippen LogP contribution in [0.3, 0.4) is 0 Å². The Balaban J connectivity index is 1.80. The van der Waals surface area contributed by atoms with E-state index in [2.05, 4.69) is 95.7 Å². The third-order valence-corrected chi connectivity index (χ3v) is 9.26. The van der Waals surface area contributed by atoms with Gasteiger partial charge in [0, 0.05) is 10.0 Å². The van der Waals surface area contributed by atoms with Gasteiger partial charge in [-0.1, -0.05) is 90.4 Å². The van der Waals surface area contributed by atoms with Crippen LogP contribution in [0, 0.1) is 17.3 Å². The number of benzene rings is 1. The maximum Gasteiger partial charge on any atom is 0.230 e. The van der Waals surface area contributed by atoms with Gasteiger partial charge in [0.1, 0.15) is 0 Å². The smallest absolute Gasteiger partial charge is 0.230 e. The van der Waals surface area contributed by atoms with E-state index in [1.807, 2.05) is 0 Å². The summed E-state index contributed by atoms with van der Waals surface area (Å²) in [6.45, 7) is 20.5. The van der Waals surface area contributed by atoms with Crippen molar-refractivity contribution in [2.24, 2.45) is 17.3 Å². The van der Waals surface area contributed by atoms with Gasteiger partial charge >= 0.3 is 0 Å². The average Bonchev–Trinajstić information content (AvgIpc) is 2.56. The monoisotopic (exact) mass is 501 g/mol. The summed E-state index contributed by atoms with van der Waals surface area (Å²) >= 11 is 4.09. The van der Waals surface area contributed by atoms with Crippen LogP contribution < -0.4 is 5.32 Å². The highest BCUT2D eigenvalue weighted by molar-refractivity contribution is 9.10. The molecule has 1 amide bonds. The summed E-state index contributed by atoms with van der Waals surface area (Å²) in [6, 6.07) is 4.72. The van der Waals surface area contributed by atoms with Gasteiger partial charge in [0.15, 0.2) is 0 Å². The molecule has 0 radical (unpaired) electrons. The molecule has 4 fully saturated rings. The minimum atomic E-state index is -0.208. The topological polar surface area (TPSA) is 29.1 Å². The zero-order valence-corrected chi connectivity index (χ0v) is 23.4. The van der Waals surface area contributed by atoms with E-state index in [-0.39, 0.29) is 31.9 Å². The highest BCUT2D eigenvalue weighted by Gasteiger charge is 2.60. The molecule has 0 saturated heterocycles. The minimum Gasteiger partial charge on any atom is -0.325 e. The molecule has 0 spiro atoms. The van der Waals surface area contributed by atoms with Crippen LogP contribution in [0.25, 0.3) is 0 Å². The molecule has 2 atom stereocenters. The maximum atomic E-state index is 14.1. The molecular formula is C29H44BrNO.